The fourth-order valence-corrected chi connectivity index (χ4v) is 3.24. The maximum Gasteiger partial charge on any atom is 0.338 e. The van der Waals surface area contributed by atoms with Crippen molar-refractivity contribution >= 4 is 38.8 Å². The van der Waals surface area contributed by atoms with Gasteiger partial charge >= 0.3 is 5.97 Å². The van der Waals surface area contributed by atoms with Crippen LogP contribution in [0.1, 0.15) is 25.5 Å². The Hall–Kier alpha value is -1.78. The largest absolute Gasteiger partial charge is 0.463 e. The van der Waals surface area contributed by atoms with Crippen molar-refractivity contribution in [2.75, 3.05) is 12.4 Å². The van der Waals surface area contributed by atoms with Crippen LogP contribution in [0.4, 0.5) is 0 Å². The van der Waals surface area contributed by atoms with E-state index in [1.807, 2.05) is 31.2 Å². The highest BCUT2D eigenvalue weighted by Gasteiger charge is 2.30. The van der Waals surface area contributed by atoms with Crippen molar-refractivity contribution < 1.29 is 9.53 Å². The van der Waals surface area contributed by atoms with Gasteiger partial charge < -0.3 is 10.1 Å². The third-order valence-electron chi connectivity index (χ3n) is 3.15. The molecule has 1 atom stereocenters. The van der Waals surface area contributed by atoms with Crippen molar-refractivity contribution in [3.05, 3.63) is 45.6 Å². The van der Waals surface area contributed by atoms with E-state index in [2.05, 4.69) is 32.3 Å². The van der Waals surface area contributed by atoms with Gasteiger partial charge in [0.25, 0.3) is 0 Å². The van der Waals surface area contributed by atoms with Gasteiger partial charge in [0.05, 0.1) is 24.0 Å². The third kappa shape index (κ3) is 4.36. The molecule has 0 radical (unpaired) electrons. The zero-order valence-electron chi connectivity index (χ0n) is 12.8. The molecular formula is C16H16BrN3O2S. The number of esters is 1. The highest BCUT2D eigenvalue weighted by atomic mass is 79.9. The van der Waals surface area contributed by atoms with E-state index in [-0.39, 0.29) is 5.97 Å². The van der Waals surface area contributed by atoms with Gasteiger partial charge in [0.15, 0.2) is 5.17 Å². The molecule has 0 bridgehead atoms. The smallest absolute Gasteiger partial charge is 0.338 e. The van der Waals surface area contributed by atoms with E-state index < -0.39 is 6.04 Å². The summed E-state index contributed by atoms with van der Waals surface area (Å²) in [6.45, 7) is 3.90. The van der Waals surface area contributed by atoms with Gasteiger partial charge in [0.1, 0.15) is 6.04 Å². The molecule has 1 heterocycles. The molecule has 5 nitrogen and oxygen atoms in total. The number of nitrogens with one attached hydrogen (secondary N) is 1. The number of nitriles is 1. The number of ether oxygens (including phenoxy) is 1. The molecule has 23 heavy (non-hydrogen) atoms. The molecule has 0 spiro atoms. The molecule has 7 heteroatoms. The fraction of sp³-hybridized carbons (Fsp3) is 0.312. The predicted molar refractivity (Wildman–Crippen MR) is 94.9 cm³/mol. The van der Waals surface area contributed by atoms with Gasteiger partial charge in [-0.1, -0.05) is 39.8 Å². The molecule has 1 aromatic rings. The van der Waals surface area contributed by atoms with Gasteiger partial charge in [-0.05, 0) is 31.5 Å². The van der Waals surface area contributed by atoms with Gasteiger partial charge in [-0.25, -0.2) is 9.79 Å². The monoisotopic (exact) mass is 393 g/mol. The minimum absolute atomic E-state index is 0.291. The molecule has 1 aromatic carbocycles. The number of carbonyl (C=O) groups is 1. The van der Waals surface area contributed by atoms with Crippen LogP contribution in [-0.4, -0.2) is 23.5 Å². The first kappa shape index (κ1) is 17.6. The maximum absolute atomic E-state index is 12.3. The Morgan fingerprint density at radius 3 is 3.00 bits per heavy atom. The van der Waals surface area contributed by atoms with E-state index in [0.29, 0.717) is 28.8 Å². The minimum atomic E-state index is -0.450. The topological polar surface area (TPSA) is 74.5 Å². The molecule has 1 aliphatic rings. The van der Waals surface area contributed by atoms with Crippen molar-refractivity contribution in [3.8, 4) is 6.07 Å². The van der Waals surface area contributed by atoms with Gasteiger partial charge in [-0.3, -0.25) is 0 Å². The second-order valence-electron chi connectivity index (χ2n) is 4.72. The Balaban J connectivity index is 2.43. The molecular weight excluding hydrogens is 378 g/mol. The number of hydrogen-bond acceptors (Lipinski definition) is 6. The van der Waals surface area contributed by atoms with Crippen LogP contribution in [0, 0.1) is 11.3 Å². The number of halogens is 1. The van der Waals surface area contributed by atoms with Crippen LogP contribution in [0.25, 0.3) is 0 Å². The molecule has 0 fully saturated rings. The Morgan fingerprint density at radius 1 is 1.57 bits per heavy atom. The number of thioether (sulfide) groups is 1. The quantitative estimate of drug-likeness (QED) is 0.791. The second kappa shape index (κ2) is 8.18. The number of allylic oxidation sites excluding steroid dienone is 1. The SMILES string of the molecule is CCOC(=O)C1=C(C)NC(SCC#N)=N[C@H]1c1cccc(Br)c1. The second-order valence-corrected chi connectivity index (χ2v) is 6.60. The number of amidine groups is 1. The predicted octanol–water partition coefficient (Wildman–Crippen LogP) is 3.54. The summed E-state index contributed by atoms with van der Waals surface area (Å²) in [6, 6.07) is 9.29. The number of nitrogens with zero attached hydrogens (tertiary/aromatic N) is 2. The Labute approximate surface area is 147 Å². The highest BCUT2D eigenvalue weighted by molar-refractivity contribution is 9.10. The van der Waals surface area contributed by atoms with E-state index >= 15 is 0 Å². The van der Waals surface area contributed by atoms with Gasteiger partial charge in [0.2, 0.25) is 0 Å². The highest BCUT2D eigenvalue weighted by Crippen LogP contribution is 2.33. The molecule has 0 unspecified atom stereocenters. The molecule has 0 saturated heterocycles. The summed E-state index contributed by atoms with van der Waals surface area (Å²) in [7, 11) is 0. The molecule has 0 amide bonds. The third-order valence-corrected chi connectivity index (χ3v) is 4.40. The van der Waals surface area contributed by atoms with E-state index in [1.165, 1.54) is 11.8 Å². The van der Waals surface area contributed by atoms with Gasteiger partial charge in [0, 0.05) is 10.2 Å². The van der Waals surface area contributed by atoms with Crippen LogP contribution < -0.4 is 5.32 Å². The summed E-state index contributed by atoms with van der Waals surface area (Å²) in [5.41, 5.74) is 2.08. The molecule has 0 aliphatic carbocycles. The molecule has 0 aromatic heterocycles. The van der Waals surface area contributed by atoms with E-state index in [9.17, 15) is 4.79 Å². The first-order chi connectivity index (χ1) is 11.1. The maximum atomic E-state index is 12.3. The van der Waals surface area contributed by atoms with Crippen molar-refractivity contribution in [1.82, 2.24) is 5.32 Å². The first-order valence-electron chi connectivity index (χ1n) is 7.04. The lowest BCUT2D eigenvalue weighted by Gasteiger charge is -2.25. The van der Waals surface area contributed by atoms with Crippen LogP contribution >= 0.6 is 27.7 Å². The van der Waals surface area contributed by atoms with E-state index in [4.69, 9.17) is 10.00 Å². The Kier molecular flexibility index (Phi) is 6.25. The summed E-state index contributed by atoms with van der Waals surface area (Å²) in [4.78, 5) is 16.9. The summed E-state index contributed by atoms with van der Waals surface area (Å²) < 4.78 is 6.09. The fourth-order valence-electron chi connectivity index (χ4n) is 2.21. The lowest BCUT2D eigenvalue weighted by molar-refractivity contribution is -0.138. The molecule has 1 aliphatic heterocycles. The number of carbonyl (C=O) groups excluding carboxylic acids is 1. The number of aliphatic imine (C=N–C) groups is 1. The van der Waals surface area contributed by atoms with Gasteiger partial charge in [-0.15, -0.1) is 0 Å². The van der Waals surface area contributed by atoms with Gasteiger partial charge in [-0.2, -0.15) is 5.26 Å². The van der Waals surface area contributed by atoms with Crippen molar-refractivity contribution in [3.63, 3.8) is 0 Å². The number of hydrogen-bond donors (Lipinski definition) is 1. The van der Waals surface area contributed by atoms with Crippen LogP contribution in [0.3, 0.4) is 0 Å². The summed E-state index contributed by atoms with van der Waals surface area (Å²) in [5, 5.41) is 12.5. The van der Waals surface area contributed by atoms with Crippen molar-refractivity contribution in [2.24, 2.45) is 4.99 Å². The standard InChI is InChI=1S/C16H16BrN3O2S/c1-3-22-15(21)13-10(2)19-16(23-8-7-18)20-14(13)11-5-4-6-12(17)9-11/h4-6,9,14H,3,8H2,1-2H3,(H,19,20)/t14-/m0/s1. The molecule has 120 valence electrons. The number of rotatable bonds is 4. The lowest BCUT2D eigenvalue weighted by atomic mass is 9.97. The van der Waals surface area contributed by atoms with Crippen LogP contribution in [0.2, 0.25) is 0 Å². The minimum Gasteiger partial charge on any atom is -0.463 e. The Morgan fingerprint density at radius 2 is 2.35 bits per heavy atom. The van der Waals surface area contributed by atoms with Crippen LogP contribution in [-0.2, 0) is 9.53 Å². The zero-order valence-corrected chi connectivity index (χ0v) is 15.2. The van der Waals surface area contributed by atoms with E-state index in [0.717, 1.165) is 10.0 Å². The summed E-state index contributed by atoms with van der Waals surface area (Å²) >= 11 is 4.75. The first-order valence-corrected chi connectivity index (χ1v) is 8.82. The summed E-state index contributed by atoms with van der Waals surface area (Å²) in [5.74, 6) is -0.0884. The molecule has 0 saturated carbocycles. The summed E-state index contributed by atoms with van der Waals surface area (Å²) in [6.07, 6.45) is 0. The van der Waals surface area contributed by atoms with E-state index in [1.54, 1.807) is 6.92 Å². The van der Waals surface area contributed by atoms with Crippen molar-refractivity contribution in [2.45, 2.75) is 19.9 Å². The van der Waals surface area contributed by atoms with Crippen molar-refractivity contribution in [1.29, 1.82) is 5.26 Å². The molecule has 2 rings (SSSR count). The average Bonchev–Trinajstić information content (AvgIpc) is 2.52. The number of benzene rings is 1. The molecule has 1 N–H and O–H groups in total. The van der Waals surface area contributed by atoms with Crippen LogP contribution in [0.15, 0.2) is 45.0 Å². The average molecular weight is 394 g/mol. The Bertz CT molecular complexity index is 710. The normalized spacial score (nSPS) is 17.1. The zero-order chi connectivity index (χ0) is 16.8. The van der Waals surface area contributed by atoms with Crippen LogP contribution in [0.5, 0.6) is 0 Å². The lowest BCUT2D eigenvalue weighted by Crippen LogP contribution is -2.30.